The van der Waals surface area contributed by atoms with Crippen LogP contribution in [0.1, 0.15) is 57.2 Å². The minimum absolute atomic E-state index is 0.259. The molecule has 96 valence electrons. The molecule has 4 nitrogen and oxygen atoms in total. The Hall–Kier alpha value is -0.610. The smallest absolute Gasteiger partial charge is 0.241 e. The highest BCUT2D eigenvalue weighted by Gasteiger charge is 2.38. The standard InChI is InChI=1S/C12H19ClN2O2/c1-2-16-12(7-5-3-4-6-8-12)11-14-10(9-13)17-15-11/h2-9H2,1H3. The lowest BCUT2D eigenvalue weighted by molar-refractivity contribution is -0.0636. The van der Waals surface area contributed by atoms with Crippen LogP contribution in [0.25, 0.3) is 0 Å². The summed E-state index contributed by atoms with van der Waals surface area (Å²) in [5.74, 6) is 1.41. The molecule has 1 aliphatic rings. The number of nitrogens with zero attached hydrogens (tertiary/aromatic N) is 2. The van der Waals surface area contributed by atoms with Crippen molar-refractivity contribution < 1.29 is 9.26 Å². The second-order valence-corrected chi connectivity index (χ2v) is 4.75. The number of ether oxygens (including phenoxy) is 1. The third kappa shape index (κ3) is 2.80. The molecule has 1 aliphatic carbocycles. The molecule has 17 heavy (non-hydrogen) atoms. The molecule has 0 aliphatic heterocycles. The first-order chi connectivity index (χ1) is 8.30. The van der Waals surface area contributed by atoms with E-state index < -0.39 is 0 Å². The van der Waals surface area contributed by atoms with Crippen molar-refractivity contribution in [3.8, 4) is 0 Å². The highest BCUT2D eigenvalue weighted by Crippen LogP contribution is 2.38. The van der Waals surface area contributed by atoms with Gasteiger partial charge in [-0.15, -0.1) is 11.6 Å². The second-order valence-electron chi connectivity index (χ2n) is 4.49. The molecular weight excluding hydrogens is 240 g/mol. The van der Waals surface area contributed by atoms with Gasteiger partial charge in [-0.1, -0.05) is 30.8 Å². The summed E-state index contributed by atoms with van der Waals surface area (Å²) < 4.78 is 11.1. The molecule has 0 bridgehead atoms. The average molecular weight is 259 g/mol. The zero-order valence-corrected chi connectivity index (χ0v) is 11.0. The molecule has 1 aromatic heterocycles. The quantitative estimate of drug-likeness (QED) is 0.614. The van der Waals surface area contributed by atoms with E-state index in [9.17, 15) is 0 Å². The SMILES string of the molecule is CCOC1(c2noc(CCl)n2)CCCCCC1. The van der Waals surface area contributed by atoms with Crippen LogP contribution in [0.3, 0.4) is 0 Å². The molecule has 0 spiro atoms. The van der Waals surface area contributed by atoms with Crippen LogP contribution in [-0.2, 0) is 16.2 Å². The van der Waals surface area contributed by atoms with Crippen molar-refractivity contribution >= 4 is 11.6 Å². The van der Waals surface area contributed by atoms with E-state index in [1.165, 1.54) is 12.8 Å². The van der Waals surface area contributed by atoms with Crippen molar-refractivity contribution in [3.63, 3.8) is 0 Å². The predicted molar refractivity (Wildman–Crippen MR) is 64.9 cm³/mol. The topological polar surface area (TPSA) is 48.2 Å². The number of rotatable bonds is 4. The molecule has 5 heteroatoms. The Morgan fingerprint density at radius 1 is 1.29 bits per heavy atom. The summed E-state index contributed by atoms with van der Waals surface area (Å²) in [6.07, 6.45) is 6.78. The van der Waals surface area contributed by atoms with Crippen molar-refractivity contribution in [2.24, 2.45) is 0 Å². The lowest BCUT2D eigenvalue weighted by Crippen LogP contribution is -2.30. The number of aromatic nitrogens is 2. The Kier molecular flexibility index (Phi) is 4.40. The Morgan fingerprint density at radius 2 is 2.00 bits per heavy atom. The molecule has 0 amide bonds. The van der Waals surface area contributed by atoms with Gasteiger partial charge in [-0.2, -0.15) is 4.98 Å². The fourth-order valence-corrected chi connectivity index (χ4v) is 2.61. The van der Waals surface area contributed by atoms with Crippen molar-refractivity contribution in [2.45, 2.75) is 56.9 Å². The molecule has 2 rings (SSSR count). The second kappa shape index (κ2) is 5.83. The molecular formula is C12H19ClN2O2. The minimum Gasteiger partial charge on any atom is -0.367 e. The molecule has 0 N–H and O–H groups in total. The summed E-state index contributed by atoms with van der Waals surface area (Å²) in [5, 5.41) is 4.05. The number of hydrogen-bond donors (Lipinski definition) is 0. The average Bonchev–Trinajstić information content (AvgIpc) is 2.71. The summed E-state index contributed by atoms with van der Waals surface area (Å²) in [6.45, 7) is 2.68. The van der Waals surface area contributed by atoms with E-state index in [2.05, 4.69) is 10.1 Å². The zero-order chi connectivity index (χ0) is 12.1. The van der Waals surface area contributed by atoms with Gasteiger partial charge >= 0.3 is 0 Å². The van der Waals surface area contributed by atoms with Crippen LogP contribution < -0.4 is 0 Å². The fraction of sp³-hybridized carbons (Fsp3) is 0.833. The van der Waals surface area contributed by atoms with Crippen LogP contribution >= 0.6 is 11.6 Å². The third-order valence-corrected chi connectivity index (χ3v) is 3.55. The molecule has 1 saturated carbocycles. The Bertz CT molecular complexity index is 346. The summed E-state index contributed by atoms with van der Waals surface area (Å²) in [4.78, 5) is 4.35. The van der Waals surface area contributed by atoms with E-state index >= 15 is 0 Å². The van der Waals surface area contributed by atoms with Gasteiger partial charge in [-0.25, -0.2) is 0 Å². The van der Waals surface area contributed by atoms with Gasteiger partial charge in [0, 0.05) is 6.61 Å². The molecule has 0 saturated heterocycles. The molecule has 0 unspecified atom stereocenters. The summed E-state index contributed by atoms with van der Waals surface area (Å²) >= 11 is 5.70. The lowest BCUT2D eigenvalue weighted by Gasteiger charge is -2.29. The van der Waals surface area contributed by atoms with Crippen molar-refractivity contribution in [3.05, 3.63) is 11.7 Å². The van der Waals surface area contributed by atoms with Crippen LogP contribution in [0, 0.1) is 0 Å². The predicted octanol–water partition coefficient (Wildman–Crippen LogP) is 3.39. The van der Waals surface area contributed by atoms with E-state index in [1.54, 1.807) is 0 Å². The van der Waals surface area contributed by atoms with Crippen LogP contribution in [0.4, 0.5) is 0 Å². The van der Waals surface area contributed by atoms with E-state index in [0.717, 1.165) is 25.7 Å². The number of hydrogen-bond acceptors (Lipinski definition) is 4. The summed E-state index contributed by atoms with van der Waals surface area (Å²) in [5.41, 5.74) is -0.348. The van der Waals surface area contributed by atoms with E-state index in [1.807, 2.05) is 6.92 Å². The van der Waals surface area contributed by atoms with Gasteiger partial charge in [0.15, 0.2) is 0 Å². The van der Waals surface area contributed by atoms with Crippen LogP contribution in [0.5, 0.6) is 0 Å². The molecule has 0 aromatic carbocycles. The van der Waals surface area contributed by atoms with Crippen LogP contribution in [-0.4, -0.2) is 16.7 Å². The molecule has 1 heterocycles. The lowest BCUT2D eigenvalue weighted by atomic mass is 9.93. The Balaban J connectivity index is 2.24. The highest BCUT2D eigenvalue weighted by molar-refractivity contribution is 6.16. The first-order valence-electron chi connectivity index (χ1n) is 6.34. The van der Waals surface area contributed by atoms with Crippen molar-refractivity contribution in [1.29, 1.82) is 0 Å². The van der Waals surface area contributed by atoms with Gasteiger partial charge in [-0.3, -0.25) is 0 Å². The summed E-state index contributed by atoms with van der Waals surface area (Å²) in [7, 11) is 0. The van der Waals surface area contributed by atoms with E-state index in [4.69, 9.17) is 20.9 Å². The normalized spacial score (nSPS) is 20.1. The van der Waals surface area contributed by atoms with E-state index in [0.29, 0.717) is 18.3 Å². The monoisotopic (exact) mass is 258 g/mol. The van der Waals surface area contributed by atoms with Gasteiger partial charge in [-0.05, 0) is 19.8 Å². The van der Waals surface area contributed by atoms with Crippen LogP contribution in [0.2, 0.25) is 0 Å². The number of halogens is 1. The molecule has 0 radical (unpaired) electrons. The van der Waals surface area contributed by atoms with Gasteiger partial charge in [0.05, 0.1) is 0 Å². The third-order valence-electron chi connectivity index (χ3n) is 3.32. The van der Waals surface area contributed by atoms with Gasteiger partial charge < -0.3 is 9.26 Å². The molecule has 1 fully saturated rings. The number of alkyl halides is 1. The van der Waals surface area contributed by atoms with Gasteiger partial charge in [0.25, 0.3) is 0 Å². The first kappa shape index (κ1) is 12.8. The first-order valence-corrected chi connectivity index (χ1v) is 6.87. The van der Waals surface area contributed by atoms with Crippen molar-refractivity contribution in [2.75, 3.05) is 6.61 Å². The Morgan fingerprint density at radius 3 is 2.53 bits per heavy atom. The largest absolute Gasteiger partial charge is 0.367 e. The van der Waals surface area contributed by atoms with Gasteiger partial charge in [0.2, 0.25) is 11.7 Å². The molecule has 1 aromatic rings. The maximum Gasteiger partial charge on any atom is 0.241 e. The maximum absolute atomic E-state index is 5.97. The highest BCUT2D eigenvalue weighted by atomic mass is 35.5. The minimum atomic E-state index is -0.348. The maximum atomic E-state index is 5.97. The van der Waals surface area contributed by atoms with Gasteiger partial charge in [0.1, 0.15) is 11.5 Å². The Labute approximate surface area is 107 Å². The molecule has 0 atom stereocenters. The fourth-order valence-electron chi connectivity index (χ4n) is 2.50. The van der Waals surface area contributed by atoms with E-state index in [-0.39, 0.29) is 11.5 Å². The van der Waals surface area contributed by atoms with Crippen molar-refractivity contribution in [1.82, 2.24) is 10.1 Å². The zero-order valence-electron chi connectivity index (χ0n) is 10.2. The van der Waals surface area contributed by atoms with Crippen LogP contribution in [0.15, 0.2) is 4.52 Å². The summed E-state index contributed by atoms with van der Waals surface area (Å²) in [6, 6.07) is 0.